The minimum atomic E-state index is -0.404. The molecule has 7 nitrogen and oxygen atoms in total. The topological polar surface area (TPSA) is 103 Å². The second-order valence-corrected chi connectivity index (χ2v) is 6.36. The SMILES string of the molecule is CCc1ccccc1Nc1nc(N)nc(COC(=O)CCc2ccc(F)cc2)n1. The lowest BCUT2D eigenvalue weighted by atomic mass is 10.1. The Balaban J connectivity index is 1.58. The van der Waals surface area contributed by atoms with Crippen molar-refractivity contribution in [2.24, 2.45) is 0 Å². The Bertz CT molecular complexity index is 979. The minimum absolute atomic E-state index is 0.0360. The summed E-state index contributed by atoms with van der Waals surface area (Å²) in [5.74, 6) is -0.136. The predicted molar refractivity (Wildman–Crippen MR) is 108 cm³/mol. The zero-order valence-corrected chi connectivity index (χ0v) is 16.1. The quantitative estimate of drug-likeness (QED) is 0.562. The van der Waals surface area contributed by atoms with Gasteiger partial charge in [0, 0.05) is 12.1 Å². The zero-order valence-electron chi connectivity index (χ0n) is 16.1. The van der Waals surface area contributed by atoms with Crippen molar-refractivity contribution in [3.8, 4) is 0 Å². The first-order valence-corrected chi connectivity index (χ1v) is 9.29. The van der Waals surface area contributed by atoms with Crippen LogP contribution in [0.4, 0.5) is 22.0 Å². The van der Waals surface area contributed by atoms with Gasteiger partial charge in [-0.25, -0.2) is 4.39 Å². The molecule has 0 saturated carbocycles. The van der Waals surface area contributed by atoms with E-state index in [2.05, 4.69) is 27.2 Å². The molecular formula is C21H22FN5O2. The van der Waals surface area contributed by atoms with E-state index in [1.807, 2.05) is 24.3 Å². The molecule has 3 N–H and O–H groups in total. The molecule has 29 heavy (non-hydrogen) atoms. The Morgan fingerprint density at radius 3 is 2.62 bits per heavy atom. The molecule has 0 aliphatic heterocycles. The summed E-state index contributed by atoms with van der Waals surface area (Å²) < 4.78 is 18.1. The summed E-state index contributed by atoms with van der Waals surface area (Å²) in [7, 11) is 0. The van der Waals surface area contributed by atoms with Gasteiger partial charge in [0.05, 0.1) is 0 Å². The highest BCUT2D eigenvalue weighted by atomic mass is 19.1. The van der Waals surface area contributed by atoms with E-state index in [4.69, 9.17) is 10.5 Å². The lowest BCUT2D eigenvalue weighted by Crippen LogP contribution is -2.11. The smallest absolute Gasteiger partial charge is 0.306 e. The molecule has 3 aromatic rings. The second-order valence-electron chi connectivity index (χ2n) is 6.36. The summed E-state index contributed by atoms with van der Waals surface area (Å²) in [6.07, 6.45) is 1.47. The molecule has 0 amide bonds. The van der Waals surface area contributed by atoms with E-state index in [1.54, 1.807) is 12.1 Å². The molecule has 150 valence electrons. The Morgan fingerprint density at radius 1 is 1.10 bits per heavy atom. The molecule has 2 aromatic carbocycles. The van der Waals surface area contributed by atoms with Crippen LogP contribution in [0.15, 0.2) is 48.5 Å². The second kappa shape index (κ2) is 9.59. The van der Waals surface area contributed by atoms with Crippen molar-refractivity contribution in [1.82, 2.24) is 15.0 Å². The first-order chi connectivity index (χ1) is 14.0. The van der Waals surface area contributed by atoms with Crippen LogP contribution in [0.3, 0.4) is 0 Å². The molecule has 0 atom stereocenters. The van der Waals surface area contributed by atoms with Crippen molar-refractivity contribution in [2.45, 2.75) is 32.8 Å². The third-order valence-electron chi connectivity index (χ3n) is 4.24. The fourth-order valence-corrected chi connectivity index (χ4v) is 2.74. The van der Waals surface area contributed by atoms with Gasteiger partial charge in [-0.3, -0.25) is 4.79 Å². The molecule has 0 unspecified atom stereocenters. The van der Waals surface area contributed by atoms with Crippen molar-refractivity contribution in [1.29, 1.82) is 0 Å². The van der Waals surface area contributed by atoms with E-state index < -0.39 is 5.97 Å². The molecule has 0 radical (unpaired) electrons. The number of aryl methyl sites for hydroxylation is 2. The fourth-order valence-electron chi connectivity index (χ4n) is 2.74. The molecule has 0 aliphatic carbocycles. The standard InChI is InChI=1S/C21H22FN5O2/c1-2-15-5-3-4-6-17(15)24-21-26-18(25-20(23)27-21)13-29-19(28)12-9-14-7-10-16(22)11-8-14/h3-8,10-11H,2,9,12-13H2,1H3,(H3,23,24,25,26,27). The minimum Gasteiger partial charge on any atom is -0.457 e. The Hall–Kier alpha value is -3.55. The molecule has 0 spiro atoms. The Morgan fingerprint density at radius 2 is 1.86 bits per heavy atom. The number of nitrogen functional groups attached to an aromatic ring is 1. The first kappa shape index (κ1) is 20.2. The number of esters is 1. The van der Waals surface area contributed by atoms with Gasteiger partial charge in [0.25, 0.3) is 0 Å². The number of benzene rings is 2. The maximum Gasteiger partial charge on any atom is 0.306 e. The fraction of sp³-hybridized carbons (Fsp3) is 0.238. The number of halogens is 1. The maximum atomic E-state index is 12.9. The average Bonchev–Trinajstić information content (AvgIpc) is 2.72. The van der Waals surface area contributed by atoms with Crippen molar-refractivity contribution < 1.29 is 13.9 Å². The molecule has 0 bridgehead atoms. The van der Waals surface area contributed by atoms with E-state index in [1.165, 1.54) is 12.1 Å². The summed E-state index contributed by atoms with van der Waals surface area (Å²) in [5, 5.41) is 3.13. The predicted octanol–water partition coefficient (Wildman–Crippen LogP) is 3.57. The highest BCUT2D eigenvalue weighted by Gasteiger charge is 2.10. The van der Waals surface area contributed by atoms with Crippen LogP contribution in [0.1, 0.15) is 30.3 Å². The van der Waals surface area contributed by atoms with Crippen LogP contribution >= 0.6 is 0 Å². The van der Waals surface area contributed by atoms with Crippen LogP contribution in [0, 0.1) is 5.82 Å². The summed E-state index contributed by atoms with van der Waals surface area (Å²) in [5.41, 5.74) is 8.61. The lowest BCUT2D eigenvalue weighted by Gasteiger charge is -2.11. The number of nitrogens with zero attached hydrogens (tertiary/aromatic N) is 3. The number of para-hydroxylation sites is 1. The Kier molecular flexibility index (Phi) is 6.67. The largest absolute Gasteiger partial charge is 0.457 e. The maximum absolute atomic E-state index is 12.9. The van der Waals surface area contributed by atoms with Gasteiger partial charge in [-0.05, 0) is 42.2 Å². The van der Waals surface area contributed by atoms with Crippen molar-refractivity contribution in [3.63, 3.8) is 0 Å². The van der Waals surface area contributed by atoms with Crippen molar-refractivity contribution in [3.05, 3.63) is 71.3 Å². The summed E-state index contributed by atoms with van der Waals surface area (Å²) in [6.45, 7) is 1.94. The van der Waals surface area contributed by atoms with E-state index >= 15 is 0 Å². The van der Waals surface area contributed by atoms with E-state index in [0.29, 0.717) is 6.42 Å². The summed E-state index contributed by atoms with van der Waals surface area (Å²) >= 11 is 0. The van der Waals surface area contributed by atoms with Crippen LogP contribution in [0.2, 0.25) is 0 Å². The number of anilines is 3. The Labute approximate surface area is 168 Å². The number of carbonyl (C=O) groups excluding carboxylic acids is 1. The number of carbonyl (C=O) groups is 1. The molecule has 8 heteroatoms. The van der Waals surface area contributed by atoms with Crippen molar-refractivity contribution >= 4 is 23.6 Å². The van der Waals surface area contributed by atoms with Crippen molar-refractivity contribution in [2.75, 3.05) is 11.1 Å². The van der Waals surface area contributed by atoms with Gasteiger partial charge in [0.15, 0.2) is 12.4 Å². The number of hydrogen-bond donors (Lipinski definition) is 2. The van der Waals surface area contributed by atoms with Crippen LogP contribution in [-0.4, -0.2) is 20.9 Å². The highest BCUT2D eigenvalue weighted by molar-refractivity contribution is 5.69. The van der Waals surface area contributed by atoms with Gasteiger partial charge < -0.3 is 15.8 Å². The van der Waals surface area contributed by atoms with Gasteiger partial charge in [-0.15, -0.1) is 0 Å². The van der Waals surface area contributed by atoms with Gasteiger partial charge in [-0.2, -0.15) is 15.0 Å². The third kappa shape index (κ3) is 5.97. The van der Waals surface area contributed by atoms with Crippen LogP contribution in [0.5, 0.6) is 0 Å². The number of ether oxygens (including phenoxy) is 1. The van der Waals surface area contributed by atoms with E-state index in [0.717, 1.165) is 23.2 Å². The van der Waals surface area contributed by atoms with E-state index in [-0.39, 0.29) is 36.6 Å². The van der Waals surface area contributed by atoms with Gasteiger partial charge >= 0.3 is 5.97 Å². The van der Waals surface area contributed by atoms with Crippen LogP contribution in [0.25, 0.3) is 0 Å². The zero-order chi connectivity index (χ0) is 20.6. The normalized spacial score (nSPS) is 10.6. The first-order valence-electron chi connectivity index (χ1n) is 9.29. The molecule has 3 rings (SSSR count). The number of hydrogen-bond acceptors (Lipinski definition) is 7. The van der Waals surface area contributed by atoms with Gasteiger partial charge in [0.1, 0.15) is 5.82 Å². The van der Waals surface area contributed by atoms with Gasteiger partial charge in [0.2, 0.25) is 11.9 Å². The molecule has 0 aliphatic rings. The number of nitrogens with two attached hydrogens (primary N) is 1. The molecule has 0 saturated heterocycles. The van der Waals surface area contributed by atoms with Crippen LogP contribution in [-0.2, 0) is 29.0 Å². The summed E-state index contributed by atoms with van der Waals surface area (Å²) in [6, 6.07) is 13.8. The van der Waals surface area contributed by atoms with E-state index in [9.17, 15) is 9.18 Å². The average molecular weight is 395 g/mol. The molecule has 1 aromatic heterocycles. The third-order valence-corrected chi connectivity index (χ3v) is 4.24. The monoisotopic (exact) mass is 395 g/mol. The molecule has 0 fully saturated rings. The number of nitrogens with one attached hydrogen (secondary N) is 1. The molecule has 1 heterocycles. The van der Waals surface area contributed by atoms with Crippen LogP contribution < -0.4 is 11.1 Å². The number of rotatable bonds is 8. The highest BCUT2D eigenvalue weighted by Crippen LogP contribution is 2.19. The molecular weight excluding hydrogens is 373 g/mol. The lowest BCUT2D eigenvalue weighted by molar-refractivity contribution is -0.145. The van der Waals surface area contributed by atoms with Gasteiger partial charge in [-0.1, -0.05) is 37.3 Å². The number of aromatic nitrogens is 3. The summed E-state index contributed by atoms with van der Waals surface area (Å²) in [4.78, 5) is 24.4.